The van der Waals surface area contributed by atoms with Gasteiger partial charge in [0.2, 0.25) is 11.8 Å². The molecule has 0 atom stereocenters. The summed E-state index contributed by atoms with van der Waals surface area (Å²) >= 11 is 0. The summed E-state index contributed by atoms with van der Waals surface area (Å²) < 4.78 is 25.3. The zero-order chi connectivity index (χ0) is 26.4. The molecule has 0 aliphatic carbocycles. The molecule has 7 nitrogen and oxygen atoms in total. The number of nitrogens with one attached hydrogen (secondary N) is 1. The Hall–Kier alpha value is -4.46. The highest BCUT2D eigenvalue weighted by atomic mass is 19.1. The number of carbonyl (C=O) groups is 2. The molecule has 190 valence electrons. The van der Waals surface area contributed by atoms with Gasteiger partial charge in [0.25, 0.3) is 0 Å². The molecule has 2 N–H and O–H groups in total. The van der Waals surface area contributed by atoms with Gasteiger partial charge in [-0.15, -0.1) is 0 Å². The van der Waals surface area contributed by atoms with Crippen molar-refractivity contribution in [3.8, 4) is 17.4 Å². The van der Waals surface area contributed by atoms with E-state index in [-0.39, 0.29) is 23.8 Å². The molecule has 0 spiro atoms. The molecule has 0 aliphatic rings. The van der Waals surface area contributed by atoms with E-state index >= 15 is 0 Å². The zero-order valence-corrected chi connectivity index (χ0v) is 20.5. The minimum atomic E-state index is -1.33. The second-order valence-corrected chi connectivity index (χ2v) is 8.55. The van der Waals surface area contributed by atoms with Crippen LogP contribution < -0.4 is 14.8 Å². The molecular weight excluding hydrogens is 475 g/mol. The molecule has 37 heavy (non-hydrogen) atoms. The third-order valence-electron chi connectivity index (χ3n) is 5.87. The average Bonchev–Trinajstić information content (AvgIpc) is 2.89. The fraction of sp³-hybridized carbons (Fsp3) is 0.207. The van der Waals surface area contributed by atoms with Crippen LogP contribution in [0.25, 0.3) is 10.8 Å². The van der Waals surface area contributed by atoms with Gasteiger partial charge in [0, 0.05) is 12.3 Å². The van der Waals surface area contributed by atoms with Gasteiger partial charge in [-0.3, -0.25) is 4.79 Å². The number of ether oxygens (including phenoxy) is 2. The zero-order valence-electron chi connectivity index (χ0n) is 20.5. The van der Waals surface area contributed by atoms with Gasteiger partial charge in [-0.2, -0.15) is 0 Å². The van der Waals surface area contributed by atoms with Crippen molar-refractivity contribution in [2.24, 2.45) is 0 Å². The van der Waals surface area contributed by atoms with Gasteiger partial charge < -0.3 is 19.9 Å². The lowest BCUT2D eigenvalue weighted by Crippen LogP contribution is -2.17. The van der Waals surface area contributed by atoms with E-state index in [2.05, 4.69) is 24.1 Å². The van der Waals surface area contributed by atoms with Crippen LogP contribution in [0.3, 0.4) is 0 Å². The largest absolute Gasteiger partial charge is 0.490 e. The van der Waals surface area contributed by atoms with Gasteiger partial charge in [-0.05, 0) is 71.6 Å². The second-order valence-electron chi connectivity index (χ2n) is 8.55. The van der Waals surface area contributed by atoms with E-state index < -0.39 is 17.7 Å². The highest BCUT2D eigenvalue weighted by molar-refractivity contribution is 6.01. The van der Waals surface area contributed by atoms with Crippen molar-refractivity contribution in [1.29, 1.82) is 0 Å². The Balaban J connectivity index is 1.38. The standard InChI is InChI=1S/C29H27FN2O5/c1-3-22(4-2)36-23-9-6-20-15-24(10-7-19(20)14-23)37-28-12-5-18(17-31-28)13-27(33)32-26-11-8-21(30)16-25(26)29(34)35/h5-12,14-17,22H,3-4,13H2,1-2H3,(H,32,33)(H,34,35). The van der Waals surface area contributed by atoms with Crippen LogP contribution in [0.5, 0.6) is 17.4 Å². The summed E-state index contributed by atoms with van der Waals surface area (Å²) in [5.41, 5.74) is 0.310. The van der Waals surface area contributed by atoms with E-state index in [1.807, 2.05) is 36.4 Å². The van der Waals surface area contributed by atoms with E-state index in [0.717, 1.165) is 41.5 Å². The molecule has 0 saturated heterocycles. The predicted molar refractivity (Wildman–Crippen MR) is 139 cm³/mol. The van der Waals surface area contributed by atoms with Crippen LogP contribution in [-0.4, -0.2) is 28.1 Å². The van der Waals surface area contributed by atoms with Gasteiger partial charge in [0.1, 0.15) is 17.3 Å². The van der Waals surface area contributed by atoms with Gasteiger partial charge >= 0.3 is 5.97 Å². The van der Waals surface area contributed by atoms with Crippen LogP contribution in [0, 0.1) is 5.82 Å². The summed E-state index contributed by atoms with van der Waals surface area (Å²) in [5.74, 6) is -0.651. The number of aromatic nitrogens is 1. The third-order valence-corrected chi connectivity index (χ3v) is 5.87. The van der Waals surface area contributed by atoms with Crippen LogP contribution in [-0.2, 0) is 11.2 Å². The fourth-order valence-electron chi connectivity index (χ4n) is 3.87. The molecular formula is C29H27FN2O5. The van der Waals surface area contributed by atoms with Gasteiger partial charge in [0.15, 0.2) is 0 Å². The molecule has 3 aromatic carbocycles. The van der Waals surface area contributed by atoms with Crippen molar-refractivity contribution in [2.45, 2.75) is 39.2 Å². The average molecular weight is 503 g/mol. The molecule has 1 heterocycles. The number of carboxylic acids is 1. The molecule has 4 rings (SSSR count). The highest BCUT2D eigenvalue weighted by Crippen LogP contribution is 2.28. The van der Waals surface area contributed by atoms with E-state index in [4.69, 9.17) is 9.47 Å². The monoisotopic (exact) mass is 502 g/mol. The first kappa shape index (κ1) is 25.6. The number of anilines is 1. The number of fused-ring (bicyclic) bond motifs is 1. The van der Waals surface area contributed by atoms with Crippen molar-refractivity contribution < 1.29 is 28.6 Å². The molecule has 1 amide bonds. The number of hydrogen-bond acceptors (Lipinski definition) is 5. The second kappa shape index (κ2) is 11.5. The maximum atomic E-state index is 13.3. The number of pyridine rings is 1. The first-order chi connectivity index (χ1) is 17.8. The van der Waals surface area contributed by atoms with E-state index in [9.17, 15) is 19.1 Å². The normalized spacial score (nSPS) is 10.9. The molecule has 0 fully saturated rings. The molecule has 1 aromatic heterocycles. The number of amides is 1. The quantitative estimate of drug-likeness (QED) is 0.253. The Morgan fingerprint density at radius 3 is 2.30 bits per heavy atom. The number of nitrogens with zero attached hydrogens (tertiary/aromatic N) is 1. The number of carbonyl (C=O) groups excluding carboxylic acids is 1. The van der Waals surface area contributed by atoms with Crippen LogP contribution in [0.15, 0.2) is 72.9 Å². The number of benzene rings is 3. The third kappa shape index (κ3) is 6.61. The molecule has 0 unspecified atom stereocenters. The summed E-state index contributed by atoms with van der Waals surface area (Å²) in [7, 11) is 0. The number of rotatable bonds is 10. The van der Waals surface area contributed by atoms with Crippen LogP contribution in [0.1, 0.15) is 42.6 Å². The predicted octanol–water partition coefficient (Wildman–Crippen LogP) is 6.61. The minimum Gasteiger partial charge on any atom is -0.490 e. The lowest BCUT2D eigenvalue weighted by Gasteiger charge is -2.16. The Bertz CT molecular complexity index is 1420. The summed E-state index contributed by atoms with van der Waals surface area (Å²) in [6.07, 6.45) is 3.58. The topological polar surface area (TPSA) is 97.8 Å². The van der Waals surface area contributed by atoms with Crippen molar-refractivity contribution in [2.75, 3.05) is 5.32 Å². The Morgan fingerprint density at radius 2 is 1.65 bits per heavy atom. The molecule has 0 radical (unpaired) electrons. The summed E-state index contributed by atoms with van der Waals surface area (Å²) in [5, 5.41) is 13.8. The van der Waals surface area contributed by atoms with Crippen LogP contribution in [0.2, 0.25) is 0 Å². The van der Waals surface area contributed by atoms with Crippen molar-refractivity contribution in [3.05, 3.63) is 89.9 Å². The number of carboxylic acid groups (broad SMARTS) is 1. The SMILES string of the molecule is CCC(CC)Oc1ccc2cc(Oc3ccc(CC(=O)Nc4ccc(F)cc4C(=O)O)cn3)ccc2c1. The maximum Gasteiger partial charge on any atom is 0.337 e. The van der Waals surface area contributed by atoms with Crippen molar-refractivity contribution in [1.82, 2.24) is 4.98 Å². The summed E-state index contributed by atoms with van der Waals surface area (Å²) in [6.45, 7) is 4.22. The lowest BCUT2D eigenvalue weighted by molar-refractivity contribution is -0.115. The lowest BCUT2D eigenvalue weighted by atomic mass is 10.1. The van der Waals surface area contributed by atoms with Crippen LogP contribution >= 0.6 is 0 Å². The minimum absolute atomic E-state index is 0.0253. The van der Waals surface area contributed by atoms with E-state index in [1.54, 1.807) is 12.1 Å². The Labute approximate surface area is 213 Å². The molecule has 0 saturated carbocycles. The summed E-state index contributed by atoms with van der Waals surface area (Å²) in [4.78, 5) is 28.0. The highest BCUT2D eigenvalue weighted by Gasteiger charge is 2.14. The summed E-state index contributed by atoms with van der Waals surface area (Å²) in [6, 6.07) is 18.2. The smallest absolute Gasteiger partial charge is 0.337 e. The fourth-order valence-corrected chi connectivity index (χ4v) is 3.87. The maximum absolute atomic E-state index is 13.3. The van der Waals surface area contributed by atoms with E-state index in [0.29, 0.717) is 17.2 Å². The molecule has 0 bridgehead atoms. The molecule has 0 aliphatic heterocycles. The van der Waals surface area contributed by atoms with Gasteiger partial charge in [0.05, 0.1) is 23.8 Å². The molecule has 8 heteroatoms. The van der Waals surface area contributed by atoms with Gasteiger partial charge in [-0.1, -0.05) is 32.0 Å². The van der Waals surface area contributed by atoms with E-state index in [1.165, 1.54) is 12.3 Å². The Kier molecular flexibility index (Phi) is 7.98. The number of aromatic carboxylic acids is 1. The first-order valence-electron chi connectivity index (χ1n) is 12.0. The number of hydrogen-bond donors (Lipinski definition) is 2. The van der Waals surface area contributed by atoms with Gasteiger partial charge in [-0.25, -0.2) is 14.2 Å². The van der Waals surface area contributed by atoms with Crippen molar-refractivity contribution in [3.63, 3.8) is 0 Å². The van der Waals surface area contributed by atoms with Crippen molar-refractivity contribution >= 4 is 28.3 Å². The number of halogens is 1. The molecule has 4 aromatic rings. The first-order valence-corrected chi connectivity index (χ1v) is 12.0. The van der Waals surface area contributed by atoms with Crippen LogP contribution in [0.4, 0.5) is 10.1 Å². The Morgan fingerprint density at radius 1 is 0.946 bits per heavy atom.